The van der Waals surface area contributed by atoms with Gasteiger partial charge < -0.3 is 9.40 Å². The molecule has 0 fully saturated rings. The Bertz CT molecular complexity index is 560. The summed E-state index contributed by atoms with van der Waals surface area (Å²) in [6.45, 7) is 4.16. The zero-order valence-electron chi connectivity index (χ0n) is 8.22. The normalized spacial score (nSPS) is 11.6. The monoisotopic (exact) mass is 185 g/mol. The van der Waals surface area contributed by atoms with E-state index < -0.39 is 0 Å². The number of furan rings is 1. The summed E-state index contributed by atoms with van der Waals surface area (Å²) in [4.78, 5) is 3.25. The van der Waals surface area contributed by atoms with E-state index in [0.29, 0.717) is 0 Å². The second-order valence-corrected chi connectivity index (χ2v) is 3.76. The summed E-state index contributed by atoms with van der Waals surface area (Å²) in [5.41, 5.74) is 4.52. The summed E-state index contributed by atoms with van der Waals surface area (Å²) in [5.74, 6) is 0. The number of H-pyrrole nitrogens is 1. The van der Waals surface area contributed by atoms with E-state index in [9.17, 15) is 0 Å². The van der Waals surface area contributed by atoms with E-state index in [0.717, 1.165) is 11.1 Å². The van der Waals surface area contributed by atoms with Crippen molar-refractivity contribution in [1.29, 1.82) is 0 Å². The molecule has 0 spiro atoms. The van der Waals surface area contributed by atoms with Crippen LogP contribution in [0.5, 0.6) is 0 Å². The Morgan fingerprint density at radius 2 is 1.86 bits per heavy atom. The van der Waals surface area contributed by atoms with Crippen molar-refractivity contribution in [2.45, 2.75) is 13.8 Å². The second-order valence-electron chi connectivity index (χ2n) is 3.76. The summed E-state index contributed by atoms with van der Waals surface area (Å²) in [5, 5.41) is 2.44. The molecule has 1 N–H and O–H groups in total. The van der Waals surface area contributed by atoms with Crippen molar-refractivity contribution in [3.8, 4) is 0 Å². The molecule has 0 aliphatic carbocycles. The molecule has 0 amide bonds. The molecule has 1 aromatic carbocycles. The van der Waals surface area contributed by atoms with Gasteiger partial charge >= 0.3 is 0 Å². The maximum atomic E-state index is 5.54. The van der Waals surface area contributed by atoms with Gasteiger partial charge in [-0.05, 0) is 25.0 Å². The van der Waals surface area contributed by atoms with Crippen LogP contribution in [0, 0.1) is 13.8 Å². The third-order valence-corrected chi connectivity index (χ3v) is 2.79. The van der Waals surface area contributed by atoms with Gasteiger partial charge in [-0.1, -0.05) is 12.1 Å². The Balaban J connectivity index is 2.62. The highest BCUT2D eigenvalue weighted by atomic mass is 16.3. The smallest absolute Gasteiger partial charge is 0.158 e. The van der Waals surface area contributed by atoms with Gasteiger partial charge in [-0.15, -0.1) is 0 Å². The third-order valence-electron chi connectivity index (χ3n) is 2.79. The SMILES string of the molecule is Cc1c[nH]c2c1ccc1c(C)coc12. The molecular weight excluding hydrogens is 174 g/mol. The number of aryl methyl sites for hydroxylation is 2. The molecule has 2 nitrogen and oxygen atoms in total. The summed E-state index contributed by atoms with van der Waals surface area (Å²) in [7, 11) is 0. The first kappa shape index (κ1) is 7.68. The molecule has 0 saturated heterocycles. The molecule has 14 heavy (non-hydrogen) atoms. The molecule has 0 bridgehead atoms. The standard InChI is InChI=1S/C12H11NO/c1-7-5-13-11-9(7)3-4-10-8(2)6-14-12(10)11/h3-6,13H,1-2H3. The summed E-state index contributed by atoms with van der Waals surface area (Å²) >= 11 is 0. The van der Waals surface area contributed by atoms with E-state index in [2.05, 4.69) is 31.0 Å². The molecule has 0 unspecified atom stereocenters. The number of hydrogen-bond acceptors (Lipinski definition) is 1. The van der Waals surface area contributed by atoms with Gasteiger partial charge in [-0.25, -0.2) is 0 Å². The lowest BCUT2D eigenvalue weighted by atomic mass is 10.1. The van der Waals surface area contributed by atoms with Crippen LogP contribution >= 0.6 is 0 Å². The summed E-state index contributed by atoms with van der Waals surface area (Å²) < 4.78 is 5.54. The summed E-state index contributed by atoms with van der Waals surface area (Å²) in [6, 6.07) is 4.27. The first-order valence-corrected chi connectivity index (χ1v) is 4.72. The average molecular weight is 185 g/mol. The van der Waals surface area contributed by atoms with Crippen molar-refractivity contribution < 1.29 is 4.42 Å². The minimum atomic E-state index is 0.966. The lowest BCUT2D eigenvalue weighted by Gasteiger charge is -1.93. The van der Waals surface area contributed by atoms with E-state index in [1.807, 2.05) is 6.20 Å². The number of aromatic amines is 1. The van der Waals surface area contributed by atoms with Crippen LogP contribution in [0.15, 0.2) is 29.0 Å². The number of fused-ring (bicyclic) bond motifs is 3. The van der Waals surface area contributed by atoms with Gasteiger partial charge in [0.2, 0.25) is 0 Å². The van der Waals surface area contributed by atoms with E-state index in [4.69, 9.17) is 4.42 Å². The van der Waals surface area contributed by atoms with Crippen LogP contribution < -0.4 is 0 Å². The molecule has 0 radical (unpaired) electrons. The predicted octanol–water partition coefficient (Wildman–Crippen LogP) is 3.53. The fourth-order valence-electron chi connectivity index (χ4n) is 1.96. The average Bonchev–Trinajstić information content (AvgIpc) is 2.72. The highest BCUT2D eigenvalue weighted by molar-refractivity contribution is 6.04. The molecular formula is C12H11NO. The van der Waals surface area contributed by atoms with Crippen LogP contribution in [0.2, 0.25) is 0 Å². The van der Waals surface area contributed by atoms with E-state index in [-0.39, 0.29) is 0 Å². The number of hydrogen-bond donors (Lipinski definition) is 1. The molecule has 0 atom stereocenters. The van der Waals surface area contributed by atoms with Gasteiger partial charge in [0.15, 0.2) is 5.58 Å². The zero-order chi connectivity index (χ0) is 9.71. The Kier molecular flexibility index (Phi) is 1.32. The van der Waals surface area contributed by atoms with Gasteiger partial charge in [0.1, 0.15) is 0 Å². The molecule has 0 aliphatic rings. The van der Waals surface area contributed by atoms with Crippen LogP contribution in [0.3, 0.4) is 0 Å². The van der Waals surface area contributed by atoms with Gasteiger partial charge in [0.25, 0.3) is 0 Å². The Labute approximate surface area is 81.5 Å². The van der Waals surface area contributed by atoms with Crippen LogP contribution in [-0.4, -0.2) is 4.98 Å². The molecule has 2 aromatic heterocycles. The molecule has 0 saturated carbocycles. The van der Waals surface area contributed by atoms with Crippen LogP contribution in [-0.2, 0) is 0 Å². The van der Waals surface area contributed by atoms with E-state index >= 15 is 0 Å². The molecule has 2 heterocycles. The molecule has 70 valence electrons. The Hall–Kier alpha value is -1.70. The number of aromatic nitrogens is 1. The fraction of sp³-hybridized carbons (Fsp3) is 0.167. The topological polar surface area (TPSA) is 28.9 Å². The first-order chi connectivity index (χ1) is 6.77. The van der Waals surface area contributed by atoms with Crippen molar-refractivity contribution in [2.75, 3.05) is 0 Å². The summed E-state index contributed by atoms with van der Waals surface area (Å²) in [6.07, 6.45) is 3.82. The zero-order valence-corrected chi connectivity index (χ0v) is 8.22. The number of nitrogens with one attached hydrogen (secondary N) is 1. The largest absolute Gasteiger partial charge is 0.462 e. The van der Waals surface area contributed by atoms with Crippen LogP contribution in [0.1, 0.15) is 11.1 Å². The highest BCUT2D eigenvalue weighted by Crippen LogP contribution is 2.29. The maximum absolute atomic E-state index is 5.54. The highest BCUT2D eigenvalue weighted by Gasteiger charge is 2.08. The van der Waals surface area contributed by atoms with Crippen LogP contribution in [0.4, 0.5) is 0 Å². The van der Waals surface area contributed by atoms with Crippen molar-refractivity contribution in [3.63, 3.8) is 0 Å². The van der Waals surface area contributed by atoms with Crippen LogP contribution in [0.25, 0.3) is 21.9 Å². The Morgan fingerprint density at radius 3 is 2.71 bits per heavy atom. The first-order valence-electron chi connectivity index (χ1n) is 4.72. The minimum Gasteiger partial charge on any atom is -0.462 e. The van der Waals surface area contributed by atoms with Crippen molar-refractivity contribution in [2.24, 2.45) is 0 Å². The molecule has 3 aromatic rings. The van der Waals surface area contributed by atoms with Crippen molar-refractivity contribution >= 4 is 21.9 Å². The van der Waals surface area contributed by atoms with Gasteiger partial charge in [0.05, 0.1) is 11.8 Å². The quantitative estimate of drug-likeness (QED) is 0.570. The third kappa shape index (κ3) is 0.803. The van der Waals surface area contributed by atoms with Gasteiger partial charge in [0, 0.05) is 17.0 Å². The maximum Gasteiger partial charge on any atom is 0.158 e. The number of benzene rings is 1. The Morgan fingerprint density at radius 1 is 1.07 bits per heavy atom. The van der Waals surface area contributed by atoms with Gasteiger partial charge in [-0.2, -0.15) is 0 Å². The predicted molar refractivity (Wildman–Crippen MR) is 57.5 cm³/mol. The molecule has 0 aliphatic heterocycles. The number of rotatable bonds is 0. The lowest BCUT2D eigenvalue weighted by Crippen LogP contribution is -1.72. The van der Waals surface area contributed by atoms with E-state index in [1.54, 1.807) is 6.26 Å². The van der Waals surface area contributed by atoms with Crippen molar-refractivity contribution in [1.82, 2.24) is 4.98 Å². The minimum absolute atomic E-state index is 0.966. The van der Waals surface area contributed by atoms with E-state index in [1.165, 1.54) is 21.9 Å². The second kappa shape index (κ2) is 2.41. The fourth-order valence-corrected chi connectivity index (χ4v) is 1.96. The molecule has 3 rings (SSSR count). The molecule has 2 heteroatoms. The van der Waals surface area contributed by atoms with Gasteiger partial charge in [-0.3, -0.25) is 0 Å². The van der Waals surface area contributed by atoms with Crippen molar-refractivity contribution in [3.05, 3.63) is 35.7 Å². The lowest BCUT2D eigenvalue weighted by molar-refractivity contribution is 0.615.